The van der Waals surface area contributed by atoms with Crippen LogP contribution in [0.3, 0.4) is 0 Å². The van der Waals surface area contributed by atoms with Gasteiger partial charge in [-0.05, 0) is 18.1 Å². The highest BCUT2D eigenvalue weighted by molar-refractivity contribution is 6.51. The smallest absolute Gasteiger partial charge is 0.233 e. The number of rotatable bonds is 2. The van der Waals surface area contributed by atoms with Gasteiger partial charge in [0.15, 0.2) is 0 Å². The molecule has 1 aromatic rings. The quantitative estimate of drug-likeness (QED) is 0.688. The molecule has 2 heteroatoms. The number of Topliss-reactive ketones (excluding diaryl/α,β-unsaturated/α-hetero) is 2. The number of hydrogen-bond donors (Lipinski definition) is 0. The van der Waals surface area contributed by atoms with Crippen LogP contribution in [0.15, 0.2) is 29.8 Å². The molecule has 0 N–H and O–H groups in total. The Morgan fingerprint density at radius 1 is 1.07 bits per heavy atom. The molecule has 1 aromatic carbocycles. The summed E-state index contributed by atoms with van der Waals surface area (Å²) in [5.74, 6) is -0.702. The number of benzene rings is 1. The second kappa shape index (κ2) is 3.81. The maximum Gasteiger partial charge on any atom is 0.233 e. The minimum atomic E-state index is -0.364. The molecule has 1 aliphatic carbocycles. The van der Waals surface area contributed by atoms with E-state index in [1.54, 1.807) is 12.1 Å². The summed E-state index contributed by atoms with van der Waals surface area (Å²) in [6.45, 7) is 2.00. The maximum atomic E-state index is 11.7. The molecule has 0 spiro atoms. The third-order valence-electron chi connectivity index (χ3n) is 2.55. The Morgan fingerprint density at radius 2 is 1.80 bits per heavy atom. The molecule has 0 aromatic heterocycles. The van der Waals surface area contributed by atoms with Gasteiger partial charge in [0.25, 0.3) is 0 Å². The van der Waals surface area contributed by atoms with E-state index in [4.69, 9.17) is 0 Å². The van der Waals surface area contributed by atoms with E-state index in [2.05, 4.69) is 0 Å². The minimum Gasteiger partial charge on any atom is -0.285 e. The summed E-state index contributed by atoms with van der Waals surface area (Å²) in [7, 11) is 0. The van der Waals surface area contributed by atoms with Crippen LogP contribution in [0.4, 0.5) is 0 Å². The Labute approximate surface area is 88.6 Å². The lowest BCUT2D eigenvalue weighted by molar-refractivity contribution is -0.112. The van der Waals surface area contributed by atoms with Gasteiger partial charge in [0.1, 0.15) is 0 Å². The molecular weight excluding hydrogens is 188 g/mol. The van der Waals surface area contributed by atoms with Crippen LogP contribution in [0, 0.1) is 0 Å². The average Bonchev–Trinajstić information content (AvgIpc) is 2.26. The number of carbonyl (C=O) groups excluding carboxylic acids is 2. The van der Waals surface area contributed by atoms with Crippen molar-refractivity contribution in [3.05, 3.63) is 41.0 Å². The zero-order chi connectivity index (χ0) is 10.8. The predicted octanol–water partition coefficient (Wildman–Crippen LogP) is 2.64. The van der Waals surface area contributed by atoms with Crippen LogP contribution >= 0.6 is 0 Å². The van der Waals surface area contributed by atoms with Crippen LogP contribution in [0.25, 0.3) is 6.08 Å². The molecule has 0 heterocycles. The number of fused-ring (bicyclic) bond motifs is 1. The van der Waals surface area contributed by atoms with E-state index in [-0.39, 0.29) is 11.6 Å². The van der Waals surface area contributed by atoms with Gasteiger partial charge in [-0.1, -0.05) is 37.6 Å². The molecule has 0 saturated carbocycles. The Morgan fingerprint density at radius 3 is 2.53 bits per heavy atom. The first-order chi connectivity index (χ1) is 7.24. The van der Waals surface area contributed by atoms with E-state index < -0.39 is 0 Å². The van der Waals surface area contributed by atoms with E-state index in [1.807, 2.05) is 25.1 Å². The number of carbonyl (C=O) groups is 2. The fourth-order valence-electron chi connectivity index (χ4n) is 1.81. The summed E-state index contributed by atoms with van der Waals surface area (Å²) < 4.78 is 0. The third kappa shape index (κ3) is 1.63. The first-order valence-electron chi connectivity index (χ1n) is 5.12. The fraction of sp³-hybridized carbons (Fsp3) is 0.231. The largest absolute Gasteiger partial charge is 0.285 e. The minimum absolute atomic E-state index is 0.337. The first-order valence-corrected chi connectivity index (χ1v) is 5.12. The molecule has 2 nitrogen and oxygen atoms in total. The molecule has 15 heavy (non-hydrogen) atoms. The van der Waals surface area contributed by atoms with Gasteiger partial charge in [-0.25, -0.2) is 0 Å². The topological polar surface area (TPSA) is 34.1 Å². The Balaban J connectivity index is 2.52. The van der Waals surface area contributed by atoms with Crippen molar-refractivity contribution in [2.24, 2.45) is 0 Å². The summed E-state index contributed by atoms with van der Waals surface area (Å²) in [4.78, 5) is 23.4. The zero-order valence-corrected chi connectivity index (χ0v) is 8.62. The van der Waals surface area contributed by atoms with E-state index >= 15 is 0 Å². The van der Waals surface area contributed by atoms with Crippen LogP contribution < -0.4 is 0 Å². The van der Waals surface area contributed by atoms with Crippen molar-refractivity contribution >= 4 is 17.6 Å². The highest BCUT2D eigenvalue weighted by atomic mass is 16.2. The molecule has 0 aliphatic heterocycles. The Hall–Kier alpha value is -1.70. The number of allylic oxidation sites excluding steroid dienone is 1. The summed E-state index contributed by atoms with van der Waals surface area (Å²) in [5.41, 5.74) is 2.04. The molecule has 0 unspecified atom stereocenters. The van der Waals surface area contributed by atoms with Gasteiger partial charge in [-0.15, -0.1) is 0 Å². The SMILES string of the molecule is CCCC1=Cc2ccccc2C(=O)C1=O. The highest BCUT2D eigenvalue weighted by Crippen LogP contribution is 2.23. The molecule has 1 aliphatic rings. The lowest BCUT2D eigenvalue weighted by atomic mass is 9.88. The summed E-state index contributed by atoms with van der Waals surface area (Å²) in [6, 6.07) is 7.23. The highest BCUT2D eigenvalue weighted by Gasteiger charge is 2.26. The summed E-state index contributed by atoms with van der Waals surface area (Å²) >= 11 is 0. The number of hydrogen-bond acceptors (Lipinski definition) is 2. The van der Waals surface area contributed by atoms with Gasteiger partial charge in [-0.3, -0.25) is 9.59 Å². The Bertz CT molecular complexity index is 455. The molecule has 0 amide bonds. The molecule has 0 bridgehead atoms. The summed E-state index contributed by atoms with van der Waals surface area (Å²) in [6.07, 6.45) is 3.40. The molecule has 0 saturated heterocycles. The van der Waals surface area contributed by atoms with Gasteiger partial charge in [0.2, 0.25) is 11.6 Å². The van der Waals surface area contributed by atoms with Crippen molar-refractivity contribution < 1.29 is 9.59 Å². The van der Waals surface area contributed by atoms with Crippen LogP contribution in [0.5, 0.6) is 0 Å². The zero-order valence-electron chi connectivity index (χ0n) is 8.62. The van der Waals surface area contributed by atoms with Crippen molar-refractivity contribution in [2.75, 3.05) is 0 Å². The standard InChI is InChI=1S/C13H12O2/c1-2-5-10-8-9-6-3-4-7-11(9)13(15)12(10)14/h3-4,6-8H,2,5H2,1H3. The monoisotopic (exact) mass is 200 g/mol. The molecule has 0 fully saturated rings. The molecule has 76 valence electrons. The van der Waals surface area contributed by atoms with Crippen LogP contribution in [0.2, 0.25) is 0 Å². The van der Waals surface area contributed by atoms with Gasteiger partial charge < -0.3 is 0 Å². The molecule has 0 radical (unpaired) electrons. The van der Waals surface area contributed by atoms with Crippen LogP contribution in [-0.2, 0) is 4.79 Å². The van der Waals surface area contributed by atoms with Gasteiger partial charge >= 0.3 is 0 Å². The van der Waals surface area contributed by atoms with E-state index in [0.29, 0.717) is 17.6 Å². The van der Waals surface area contributed by atoms with Crippen molar-refractivity contribution in [1.29, 1.82) is 0 Å². The van der Waals surface area contributed by atoms with Gasteiger partial charge in [-0.2, -0.15) is 0 Å². The van der Waals surface area contributed by atoms with E-state index in [9.17, 15) is 9.59 Å². The second-order valence-electron chi connectivity index (χ2n) is 3.67. The van der Waals surface area contributed by atoms with E-state index in [1.165, 1.54) is 0 Å². The normalized spacial score (nSPS) is 14.9. The van der Waals surface area contributed by atoms with E-state index in [0.717, 1.165) is 12.0 Å². The number of ketones is 2. The van der Waals surface area contributed by atoms with Crippen molar-refractivity contribution in [1.82, 2.24) is 0 Å². The lowest BCUT2D eigenvalue weighted by Gasteiger charge is -2.13. The maximum absolute atomic E-state index is 11.7. The molecule has 0 atom stereocenters. The lowest BCUT2D eigenvalue weighted by Crippen LogP contribution is -2.21. The average molecular weight is 200 g/mol. The second-order valence-corrected chi connectivity index (χ2v) is 3.67. The van der Waals surface area contributed by atoms with Crippen LogP contribution in [0.1, 0.15) is 35.7 Å². The molecule has 2 rings (SSSR count). The van der Waals surface area contributed by atoms with Crippen molar-refractivity contribution in [3.63, 3.8) is 0 Å². The Kier molecular flexibility index (Phi) is 2.50. The van der Waals surface area contributed by atoms with Gasteiger partial charge in [0, 0.05) is 11.1 Å². The third-order valence-corrected chi connectivity index (χ3v) is 2.55. The summed E-state index contributed by atoms with van der Waals surface area (Å²) in [5, 5.41) is 0. The van der Waals surface area contributed by atoms with Gasteiger partial charge in [0.05, 0.1) is 0 Å². The first kappa shape index (κ1) is 9.84. The predicted molar refractivity (Wildman–Crippen MR) is 58.7 cm³/mol. The molecular formula is C13H12O2. The van der Waals surface area contributed by atoms with Crippen molar-refractivity contribution in [3.8, 4) is 0 Å². The fourth-order valence-corrected chi connectivity index (χ4v) is 1.81. The van der Waals surface area contributed by atoms with Crippen LogP contribution in [-0.4, -0.2) is 11.6 Å². The van der Waals surface area contributed by atoms with Crippen molar-refractivity contribution in [2.45, 2.75) is 19.8 Å².